The van der Waals surface area contributed by atoms with Crippen molar-refractivity contribution < 1.29 is 0 Å². The monoisotopic (exact) mass is 262 g/mol. The molecule has 0 heterocycles. The first-order chi connectivity index (χ1) is 9.90. The Morgan fingerprint density at radius 2 is 1.60 bits per heavy atom. The lowest BCUT2D eigenvalue weighted by atomic mass is 9.73. The van der Waals surface area contributed by atoms with E-state index in [1.165, 1.54) is 42.9 Å². The predicted octanol–water partition coefficient (Wildman–Crippen LogP) is 5.38. The molecule has 2 aromatic carbocycles. The van der Waals surface area contributed by atoms with E-state index in [4.69, 9.17) is 0 Å². The third-order valence-electron chi connectivity index (χ3n) is 6.63. The number of benzene rings is 2. The molecule has 3 aliphatic rings. The maximum Gasteiger partial charge on any atom is -0.0128 e. The predicted molar refractivity (Wildman–Crippen MR) is 83.7 cm³/mol. The fourth-order valence-electron chi connectivity index (χ4n) is 5.89. The lowest BCUT2D eigenvalue weighted by Gasteiger charge is -2.32. The van der Waals surface area contributed by atoms with Crippen LogP contribution in [0.15, 0.2) is 42.5 Å². The SMILES string of the molecule is c1ccc2cc(C3CC4CC3C3CCCC43)ccc2c1. The highest BCUT2D eigenvalue weighted by Gasteiger charge is 2.53. The summed E-state index contributed by atoms with van der Waals surface area (Å²) in [6, 6.07) is 16.0. The molecule has 20 heavy (non-hydrogen) atoms. The molecule has 0 N–H and O–H groups in total. The Bertz CT molecular complexity index is 656. The smallest absolute Gasteiger partial charge is 0.0128 e. The van der Waals surface area contributed by atoms with Gasteiger partial charge in [-0.2, -0.15) is 0 Å². The first-order valence-electron chi connectivity index (χ1n) is 8.39. The van der Waals surface area contributed by atoms with E-state index in [1.807, 2.05) is 0 Å². The molecule has 0 nitrogen and oxygen atoms in total. The van der Waals surface area contributed by atoms with Gasteiger partial charge < -0.3 is 0 Å². The highest BCUT2D eigenvalue weighted by Crippen LogP contribution is 2.63. The highest BCUT2D eigenvalue weighted by molar-refractivity contribution is 5.83. The normalized spacial score (nSPS) is 38.5. The van der Waals surface area contributed by atoms with Crippen molar-refractivity contribution in [3.05, 3.63) is 48.0 Å². The Labute approximate surface area is 121 Å². The van der Waals surface area contributed by atoms with Gasteiger partial charge in [0, 0.05) is 0 Å². The van der Waals surface area contributed by atoms with Crippen molar-refractivity contribution in [2.24, 2.45) is 23.7 Å². The van der Waals surface area contributed by atoms with E-state index < -0.39 is 0 Å². The van der Waals surface area contributed by atoms with Crippen LogP contribution in [0.1, 0.15) is 43.6 Å². The van der Waals surface area contributed by atoms with Gasteiger partial charge in [-0.3, -0.25) is 0 Å². The van der Waals surface area contributed by atoms with Gasteiger partial charge in [0.05, 0.1) is 0 Å². The van der Waals surface area contributed by atoms with Crippen LogP contribution in [0.2, 0.25) is 0 Å². The zero-order valence-corrected chi connectivity index (χ0v) is 12.0. The lowest BCUT2D eigenvalue weighted by molar-refractivity contribution is 0.232. The van der Waals surface area contributed by atoms with E-state index in [0.717, 1.165) is 29.6 Å². The summed E-state index contributed by atoms with van der Waals surface area (Å²) in [4.78, 5) is 0. The molecular weight excluding hydrogens is 240 g/mol. The molecule has 2 bridgehead atoms. The Morgan fingerprint density at radius 3 is 2.55 bits per heavy atom. The molecule has 5 rings (SSSR count). The van der Waals surface area contributed by atoms with Gasteiger partial charge in [0.2, 0.25) is 0 Å². The van der Waals surface area contributed by atoms with Gasteiger partial charge >= 0.3 is 0 Å². The van der Waals surface area contributed by atoms with Gasteiger partial charge in [-0.15, -0.1) is 0 Å². The first-order valence-corrected chi connectivity index (χ1v) is 8.39. The summed E-state index contributed by atoms with van der Waals surface area (Å²) in [5, 5.41) is 2.81. The van der Waals surface area contributed by atoms with Crippen LogP contribution in [0.3, 0.4) is 0 Å². The fourth-order valence-corrected chi connectivity index (χ4v) is 5.89. The van der Waals surface area contributed by atoms with Crippen molar-refractivity contribution in [1.82, 2.24) is 0 Å². The summed E-state index contributed by atoms with van der Waals surface area (Å²) < 4.78 is 0. The van der Waals surface area contributed by atoms with Gasteiger partial charge in [0.25, 0.3) is 0 Å². The van der Waals surface area contributed by atoms with Crippen LogP contribution in [0.25, 0.3) is 10.8 Å². The van der Waals surface area contributed by atoms with E-state index in [2.05, 4.69) is 42.5 Å². The molecule has 0 radical (unpaired) electrons. The fraction of sp³-hybridized carbons (Fsp3) is 0.500. The maximum atomic E-state index is 2.48. The van der Waals surface area contributed by atoms with Crippen LogP contribution in [0, 0.1) is 23.7 Å². The summed E-state index contributed by atoms with van der Waals surface area (Å²) in [5.41, 5.74) is 1.63. The molecule has 3 aliphatic carbocycles. The molecule has 102 valence electrons. The van der Waals surface area contributed by atoms with E-state index >= 15 is 0 Å². The molecule has 2 aromatic rings. The third kappa shape index (κ3) is 1.48. The van der Waals surface area contributed by atoms with Gasteiger partial charge in [-0.05, 0) is 71.6 Å². The van der Waals surface area contributed by atoms with Crippen LogP contribution in [0.5, 0.6) is 0 Å². The molecule has 0 saturated heterocycles. The molecule has 0 amide bonds. The lowest BCUT2D eigenvalue weighted by Crippen LogP contribution is -2.23. The van der Waals surface area contributed by atoms with Crippen LogP contribution >= 0.6 is 0 Å². The third-order valence-corrected chi connectivity index (χ3v) is 6.63. The van der Waals surface area contributed by atoms with E-state index in [0.29, 0.717) is 0 Å². The van der Waals surface area contributed by atoms with Crippen molar-refractivity contribution in [1.29, 1.82) is 0 Å². The van der Waals surface area contributed by atoms with Crippen molar-refractivity contribution in [3.63, 3.8) is 0 Å². The molecule has 0 aliphatic heterocycles. The van der Waals surface area contributed by atoms with Crippen LogP contribution < -0.4 is 0 Å². The maximum absolute atomic E-state index is 2.48. The largest absolute Gasteiger partial charge is 0.0616 e. The van der Waals surface area contributed by atoms with Crippen molar-refractivity contribution in [2.75, 3.05) is 0 Å². The van der Waals surface area contributed by atoms with Gasteiger partial charge in [-0.25, -0.2) is 0 Å². The van der Waals surface area contributed by atoms with Gasteiger partial charge in [0.15, 0.2) is 0 Å². The van der Waals surface area contributed by atoms with Crippen molar-refractivity contribution >= 4 is 10.8 Å². The summed E-state index contributed by atoms with van der Waals surface area (Å²) in [7, 11) is 0. The van der Waals surface area contributed by atoms with Gasteiger partial charge in [0.1, 0.15) is 0 Å². The minimum atomic E-state index is 0.865. The summed E-state index contributed by atoms with van der Waals surface area (Å²) >= 11 is 0. The van der Waals surface area contributed by atoms with E-state index in [1.54, 1.807) is 5.56 Å². The number of rotatable bonds is 1. The summed E-state index contributed by atoms with van der Waals surface area (Å²) in [5.74, 6) is 5.11. The molecule has 5 atom stereocenters. The van der Waals surface area contributed by atoms with E-state index in [-0.39, 0.29) is 0 Å². The molecule has 0 spiro atoms. The topological polar surface area (TPSA) is 0 Å². The summed E-state index contributed by atoms with van der Waals surface area (Å²) in [6.07, 6.45) is 7.58. The minimum absolute atomic E-state index is 0.865. The Morgan fingerprint density at radius 1 is 0.750 bits per heavy atom. The number of hydrogen-bond donors (Lipinski definition) is 0. The zero-order chi connectivity index (χ0) is 13.1. The average Bonchev–Trinajstić information content (AvgIpc) is 3.19. The molecule has 5 unspecified atom stereocenters. The Balaban J connectivity index is 1.53. The minimum Gasteiger partial charge on any atom is -0.0616 e. The molecule has 0 aromatic heterocycles. The second-order valence-electron chi connectivity index (χ2n) is 7.37. The zero-order valence-electron chi connectivity index (χ0n) is 12.0. The van der Waals surface area contributed by atoms with Gasteiger partial charge in [-0.1, -0.05) is 48.9 Å². The molecular formula is C20H22. The average molecular weight is 262 g/mol. The second-order valence-corrected chi connectivity index (χ2v) is 7.37. The summed E-state index contributed by atoms with van der Waals surface area (Å²) in [6.45, 7) is 0. The number of fused-ring (bicyclic) bond motifs is 6. The highest BCUT2D eigenvalue weighted by atomic mass is 14.6. The van der Waals surface area contributed by atoms with Crippen molar-refractivity contribution in [3.8, 4) is 0 Å². The molecule has 0 heteroatoms. The quantitative estimate of drug-likeness (QED) is 0.647. The molecule has 3 saturated carbocycles. The first kappa shape index (κ1) is 11.4. The Hall–Kier alpha value is -1.30. The second kappa shape index (κ2) is 4.10. The van der Waals surface area contributed by atoms with Crippen LogP contribution in [-0.4, -0.2) is 0 Å². The van der Waals surface area contributed by atoms with Crippen LogP contribution in [0.4, 0.5) is 0 Å². The van der Waals surface area contributed by atoms with Crippen molar-refractivity contribution in [2.45, 2.75) is 38.0 Å². The van der Waals surface area contributed by atoms with E-state index in [9.17, 15) is 0 Å². The standard InChI is InChI=1S/C20H22/c1-2-5-14-10-15(9-8-13(14)4-1)19-11-16-12-20(19)18-7-3-6-17(16)18/h1-2,4-5,8-10,16-20H,3,6-7,11-12H2. The molecule has 3 fully saturated rings. The number of hydrogen-bond acceptors (Lipinski definition) is 0. The Kier molecular flexibility index (Phi) is 2.33. The van der Waals surface area contributed by atoms with Crippen LogP contribution in [-0.2, 0) is 0 Å².